The summed E-state index contributed by atoms with van der Waals surface area (Å²) in [6.07, 6.45) is -1.04. The Morgan fingerprint density at radius 2 is 2.16 bits per heavy atom. The van der Waals surface area contributed by atoms with E-state index in [0.717, 1.165) is 0 Å². The zero-order valence-electron chi connectivity index (χ0n) is 17.3. The molecule has 0 radical (unpaired) electrons. The maximum Gasteiger partial charge on any atom is 0.414 e. The fraction of sp³-hybridized carbons (Fsp3) is 0.381. The van der Waals surface area contributed by atoms with Crippen molar-refractivity contribution < 1.29 is 27.3 Å². The summed E-state index contributed by atoms with van der Waals surface area (Å²) in [7, 11) is -1.16. The predicted octanol–water partition coefficient (Wildman–Crippen LogP) is 2.21. The average Bonchev–Trinajstić information content (AvgIpc) is 3.13. The molecule has 0 spiro atoms. The van der Waals surface area contributed by atoms with Crippen molar-refractivity contribution in [3.05, 3.63) is 42.3 Å². The van der Waals surface area contributed by atoms with Gasteiger partial charge >= 0.3 is 6.09 Å². The van der Waals surface area contributed by atoms with Crippen LogP contribution in [0.25, 0.3) is 11.1 Å². The second-order valence-electron chi connectivity index (χ2n) is 7.56. The topological polar surface area (TPSA) is 91.8 Å². The Balaban J connectivity index is 1.47. The van der Waals surface area contributed by atoms with Gasteiger partial charge in [0.25, 0.3) is 0 Å². The van der Waals surface area contributed by atoms with E-state index >= 15 is 0 Å². The summed E-state index contributed by atoms with van der Waals surface area (Å²) >= 11 is 0. The van der Waals surface area contributed by atoms with Gasteiger partial charge in [-0.25, -0.2) is 18.6 Å². The van der Waals surface area contributed by atoms with E-state index in [-0.39, 0.29) is 30.3 Å². The van der Waals surface area contributed by atoms with Crippen LogP contribution in [0.1, 0.15) is 6.92 Å². The zero-order chi connectivity index (χ0) is 22.8. The van der Waals surface area contributed by atoms with Crippen molar-refractivity contribution in [1.29, 1.82) is 0 Å². The van der Waals surface area contributed by atoms with Crippen molar-refractivity contribution in [2.24, 2.45) is 0 Å². The van der Waals surface area contributed by atoms with Crippen LogP contribution in [-0.4, -0.2) is 64.7 Å². The van der Waals surface area contributed by atoms with Crippen LogP contribution in [0.2, 0.25) is 0 Å². The monoisotopic (exact) mass is 464 g/mol. The Labute approximate surface area is 186 Å². The van der Waals surface area contributed by atoms with Crippen LogP contribution in [0.4, 0.5) is 25.1 Å². The van der Waals surface area contributed by atoms with E-state index in [0.29, 0.717) is 29.4 Å². The van der Waals surface area contributed by atoms with Crippen LogP contribution in [0.15, 0.2) is 36.5 Å². The van der Waals surface area contributed by atoms with E-state index in [1.165, 1.54) is 35.1 Å². The van der Waals surface area contributed by atoms with Crippen LogP contribution in [0.5, 0.6) is 0 Å². The third-order valence-electron chi connectivity index (χ3n) is 5.29. The number of halogens is 2. The number of rotatable bonds is 5. The molecule has 0 bridgehead atoms. The van der Waals surface area contributed by atoms with Gasteiger partial charge in [0, 0.05) is 47.3 Å². The lowest BCUT2D eigenvalue weighted by Gasteiger charge is -2.30. The van der Waals surface area contributed by atoms with Crippen LogP contribution < -0.4 is 15.1 Å². The molecule has 2 aromatic rings. The molecule has 1 aromatic carbocycles. The molecule has 4 rings (SSSR count). The molecular formula is C21H22F2N4O4S. The first-order valence-corrected chi connectivity index (χ1v) is 11.5. The number of hydrogen-bond donors (Lipinski definition) is 1. The maximum atomic E-state index is 14.9. The van der Waals surface area contributed by atoms with Crippen LogP contribution in [-0.2, 0) is 20.3 Å². The molecule has 0 saturated carbocycles. The summed E-state index contributed by atoms with van der Waals surface area (Å²) in [5, 5.41) is 2.59. The van der Waals surface area contributed by atoms with Gasteiger partial charge in [-0.1, -0.05) is 0 Å². The molecule has 2 aliphatic rings. The van der Waals surface area contributed by atoms with Crippen LogP contribution in [0, 0.1) is 5.82 Å². The largest absolute Gasteiger partial charge is 0.442 e. The standard InChI is InChI=1S/C21H22F2N4O4S/c1-13(28)24-10-16-11-27(21(29)31-16)15-3-4-17(18(22)8-15)14-2-5-20(25-9-14)26-6-7-32(30)12-19(26)23/h2-5,8-9,16,19H,6-7,10-12H2,1H3,(H,24,28)/t16?,19?,32-/m0/s1. The second kappa shape index (κ2) is 9.19. The van der Waals surface area contributed by atoms with Gasteiger partial charge in [0.05, 0.1) is 24.5 Å². The molecular weight excluding hydrogens is 442 g/mol. The number of cyclic esters (lactones) is 1. The molecule has 32 heavy (non-hydrogen) atoms. The number of hydrogen-bond acceptors (Lipinski definition) is 6. The number of carbonyl (C=O) groups excluding carboxylic acids is 2. The SMILES string of the molecule is CC(=O)NCC1CN(c2ccc(-c3ccc(N4CC[S@](=O)CC4F)nc3)c(F)c2)C(=O)O1. The summed E-state index contributed by atoms with van der Waals surface area (Å²) in [6, 6.07) is 7.63. The molecule has 8 nitrogen and oxygen atoms in total. The fourth-order valence-corrected chi connectivity index (χ4v) is 4.70. The maximum absolute atomic E-state index is 14.9. The average molecular weight is 464 g/mol. The van der Waals surface area contributed by atoms with Gasteiger partial charge in [0.1, 0.15) is 17.7 Å². The predicted molar refractivity (Wildman–Crippen MR) is 116 cm³/mol. The van der Waals surface area contributed by atoms with Crippen LogP contribution >= 0.6 is 0 Å². The molecule has 2 fully saturated rings. The van der Waals surface area contributed by atoms with E-state index in [1.807, 2.05) is 0 Å². The lowest BCUT2D eigenvalue weighted by atomic mass is 10.1. The number of benzene rings is 1. The summed E-state index contributed by atoms with van der Waals surface area (Å²) in [4.78, 5) is 30.2. The van der Waals surface area contributed by atoms with E-state index in [1.54, 1.807) is 18.2 Å². The molecule has 170 valence electrons. The summed E-state index contributed by atoms with van der Waals surface area (Å²) in [6.45, 7) is 2.05. The van der Waals surface area contributed by atoms with Crippen molar-refractivity contribution in [3.63, 3.8) is 0 Å². The number of carbonyl (C=O) groups is 2. The highest BCUT2D eigenvalue weighted by Gasteiger charge is 2.33. The summed E-state index contributed by atoms with van der Waals surface area (Å²) in [5.74, 6) is -0.0481. The number of nitrogens with one attached hydrogen (secondary N) is 1. The van der Waals surface area contributed by atoms with Gasteiger partial charge in [0.2, 0.25) is 5.91 Å². The molecule has 2 unspecified atom stereocenters. The van der Waals surface area contributed by atoms with E-state index in [2.05, 4.69) is 10.3 Å². The molecule has 11 heteroatoms. The molecule has 1 aromatic heterocycles. The Morgan fingerprint density at radius 3 is 2.81 bits per heavy atom. The quantitative estimate of drug-likeness (QED) is 0.683. The van der Waals surface area contributed by atoms with Gasteiger partial charge in [-0.2, -0.15) is 0 Å². The molecule has 3 atom stereocenters. The molecule has 1 N–H and O–H groups in total. The third kappa shape index (κ3) is 4.72. The van der Waals surface area contributed by atoms with Crippen LogP contribution in [0.3, 0.4) is 0 Å². The Bertz CT molecular complexity index is 1050. The third-order valence-corrected chi connectivity index (χ3v) is 6.58. The zero-order valence-corrected chi connectivity index (χ0v) is 18.1. The van der Waals surface area contributed by atoms with Gasteiger partial charge < -0.3 is 15.0 Å². The lowest BCUT2D eigenvalue weighted by Crippen LogP contribution is -2.44. The van der Waals surface area contributed by atoms with Crippen molar-refractivity contribution in [2.75, 3.05) is 40.9 Å². The molecule has 2 aliphatic heterocycles. The van der Waals surface area contributed by atoms with Gasteiger partial charge in [-0.3, -0.25) is 13.9 Å². The first-order chi connectivity index (χ1) is 15.3. The van der Waals surface area contributed by atoms with Crippen molar-refractivity contribution in [1.82, 2.24) is 10.3 Å². The normalized spacial score (nSPS) is 23.2. The molecule has 2 amide bonds. The number of anilines is 2. The number of nitrogens with zero attached hydrogens (tertiary/aromatic N) is 3. The second-order valence-corrected chi connectivity index (χ2v) is 9.18. The highest BCUT2D eigenvalue weighted by molar-refractivity contribution is 7.85. The van der Waals surface area contributed by atoms with E-state index in [4.69, 9.17) is 4.74 Å². The van der Waals surface area contributed by atoms with Gasteiger partial charge in [-0.15, -0.1) is 0 Å². The Hall–Kier alpha value is -3.08. The lowest BCUT2D eigenvalue weighted by molar-refractivity contribution is -0.119. The molecule has 0 aliphatic carbocycles. The minimum atomic E-state index is -1.37. The number of aromatic nitrogens is 1. The highest BCUT2D eigenvalue weighted by Crippen LogP contribution is 2.30. The minimum absolute atomic E-state index is 0.0515. The number of alkyl halides is 1. The Morgan fingerprint density at radius 1 is 1.34 bits per heavy atom. The first-order valence-electron chi connectivity index (χ1n) is 10.1. The number of pyridine rings is 1. The fourth-order valence-electron chi connectivity index (χ4n) is 3.64. The first kappa shape index (κ1) is 22.1. The summed E-state index contributed by atoms with van der Waals surface area (Å²) < 4.78 is 45.7. The van der Waals surface area contributed by atoms with Crippen molar-refractivity contribution in [2.45, 2.75) is 19.3 Å². The minimum Gasteiger partial charge on any atom is -0.442 e. The highest BCUT2D eigenvalue weighted by atomic mass is 32.2. The Kier molecular flexibility index (Phi) is 6.35. The number of ether oxygens (including phenoxy) is 1. The van der Waals surface area contributed by atoms with Crippen molar-refractivity contribution in [3.8, 4) is 11.1 Å². The van der Waals surface area contributed by atoms with Gasteiger partial charge in [-0.05, 0) is 30.3 Å². The number of amides is 2. The summed E-state index contributed by atoms with van der Waals surface area (Å²) in [5.41, 5.74) is 1.13. The van der Waals surface area contributed by atoms with Crippen molar-refractivity contribution >= 4 is 34.3 Å². The van der Waals surface area contributed by atoms with E-state index < -0.39 is 35.1 Å². The molecule has 3 heterocycles. The smallest absolute Gasteiger partial charge is 0.414 e. The van der Waals surface area contributed by atoms with E-state index in [9.17, 15) is 22.6 Å². The molecule has 2 saturated heterocycles. The van der Waals surface area contributed by atoms with Gasteiger partial charge in [0.15, 0.2) is 6.30 Å².